The van der Waals surface area contributed by atoms with E-state index >= 15 is 0 Å². The molecule has 0 aliphatic carbocycles. The van der Waals surface area contributed by atoms with Crippen molar-refractivity contribution in [3.05, 3.63) is 29.8 Å². The zero-order valence-corrected chi connectivity index (χ0v) is 11.9. The molecule has 0 saturated heterocycles. The van der Waals surface area contributed by atoms with Gasteiger partial charge in [0.25, 0.3) is 0 Å². The number of hydrogen-bond donors (Lipinski definition) is 1. The summed E-state index contributed by atoms with van der Waals surface area (Å²) < 4.78 is 4.51. The Morgan fingerprint density at radius 3 is 2.44 bits per heavy atom. The molecule has 0 aliphatic rings. The maximum Gasteiger partial charge on any atom is 0.308 e. The Bertz CT molecular complexity index is 373. The number of benzene rings is 1. The van der Waals surface area contributed by atoms with Gasteiger partial charge in [0.1, 0.15) is 0 Å². The average Bonchev–Trinajstić information content (AvgIpc) is 2.36. The third kappa shape index (κ3) is 5.10. The fraction of sp³-hybridized carbons (Fsp3) is 0.500. The molecule has 0 spiro atoms. The summed E-state index contributed by atoms with van der Waals surface area (Å²) >= 11 is 1.54. The summed E-state index contributed by atoms with van der Waals surface area (Å²) in [6.45, 7) is 4.31. The summed E-state index contributed by atoms with van der Waals surface area (Å²) in [6, 6.07) is 8.29. The van der Waals surface area contributed by atoms with Gasteiger partial charge in [0, 0.05) is 10.6 Å². The van der Waals surface area contributed by atoms with Crippen molar-refractivity contribution in [2.45, 2.75) is 37.2 Å². The van der Waals surface area contributed by atoms with Crippen LogP contribution in [0.2, 0.25) is 0 Å². The van der Waals surface area contributed by atoms with Crippen LogP contribution in [0.4, 0.5) is 0 Å². The second kappa shape index (κ2) is 7.44. The Hall–Kier alpha value is -1.00. The number of hydrogen-bond acceptors (Lipinski definition) is 4. The lowest BCUT2D eigenvalue weighted by Crippen LogP contribution is -2.16. The van der Waals surface area contributed by atoms with Crippen molar-refractivity contribution in [2.24, 2.45) is 0 Å². The molecule has 0 bridgehead atoms. The molecule has 0 amide bonds. The molecule has 3 nitrogen and oxygen atoms in total. The van der Waals surface area contributed by atoms with Crippen LogP contribution in [0.1, 0.15) is 31.7 Å². The minimum Gasteiger partial charge on any atom is -0.469 e. The largest absolute Gasteiger partial charge is 0.469 e. The number of aliphatic hydroxyl groups excluding tert-OH is 1. The first-order chi connectivity index (χ1) is 8.52. The third-order valence-corrected chi connectivity index (χ3v) is 3.78. The summed E-state index contributed by atoms with van der Waals surface area (Å²) in [7, 11) is 1.33. The molecule has 0 aromatic heterocycles. The highest BCUT2D eigenvalue weighted by atomic mass is 32.2. The van der Waals surface area contributed by atoms with Crippen LogP contribution in [0, 0.1) is 0 Å². The van der Waals surface area contributed by atoms with Gasteiger partial charge in [-0.25, -0.2) is 0 Å². The number of carbonyl (C=O) groups excluding carboxylic acids is 1. The summed E-state index contributed by atoms with van der Waals surface area (Å²) in [6.07, 6.45) is -0.611. The Labute approximate surface area is 113 Å². The van der Waals surface area contributed by atoms with Crippen LogP contribution in [-0.2, 0) is 9.53 Å². The predicted molar refractivity (Wildman–Crippen MR) is 73.9 cm³/mol. The topological polar surface area (TPSA) is 46.5 Å². The molecular formula is C14H20O3S. The Morgan fingerprint density at radius 2 is 1.94 bits per heavy atom. The molecule has 1 atom stereocenters. The van der Waals surface area contributed by atoms with Gasteiger partial charge >= 0.3 is 5.97 Å². The number of thioether (sulfide) groups is 1. The van der Waals surface area contributed by atoms with E-state index in [0.717, 1.165) is 4.90 Å². The van der Waals surface area contributed by atoms with Crippen LogP contribution in [0.5, 0.6) is 0 Å². The first-order valence-electron chi connectivity index (χ1n) is 6.00. The maximum absolute atomic E-state index is 11.0. The zero-order valence-electron chi connectivity index (χ0n) is 11.1. The van der Waals surface area contributed by atoms with Crippen molar-refractivity contribution in [3.8, 4) is 0 Å². The van der Waals surface area contributed by atoms with Crippen LogP contribution < -0.4 is 0 Å². The van der Waals surface area contributed by atoms with E-state index in [4.69, 9.17) is 0 Å². The van der Waals surface area contributed by atoms with Crippen molar-refractivity contribution in [1.29, 1.82) is 0 Å². The third-order valence-electron chi connectivity index (χ3n) is 2.62. The molecule has 1 aromatic carbocycles. The molecule has 1 N–H and O–H groups in total. The molecule has 0 radical (unpaired) electrons. The van der Waals surface area contributed by atoms with Crippen LogP contribution >= 0.6 is 11.8 Å². The molecule has 0 aliphatic heterocycles. The van der Waals surface area contributed by atoms with Gasteiger partial charge in [-0.2, -0.15) is 0 Å². The van der Waals surface area contributed by atoms with E-state index in [9.17, 15) is 9.90 Å². The second-order valence-corrected chi connectivity index (χ2v) is 5.56. The van der Waals surface area contributed by atoms with E-state index < -0.39 is 6.10 Å². The normalized spacial score (nSPS) is 12.5. The monoisotopic (exact) mass is 268 g/mol. The van der Waals surface area contributed by atoms with Crippen LogP contribution in [0.3, 0.4) is 0 Å². The molecule has 18 heavy (non-hydrogen) atoms. The number of carbonyl (C=O) groups is 1. The summed E-state index contributed by atoms with van der Waals surface area (Å²) in [5, 5.41) is 9.63. The van der Waals surface area contributed by atoms with Gasteiger partial charge in [-0.15, -0.1) is 11.8 Å². The average molecular weight is 268 g/mol. The van der Waals surface area contributed by atoms with Crippen molar-refractivity contribution in [3.63, 3.8) is 0 Å². The summed E-state index contributed by atoms with van der Waals surface area (Å²) in [5.41, 5.74) is 1.30. The fourth-order valence-corrected chi connectivity index (χ4v) is 2.31. The highest BCUT2D eigenvalue weighted by molar-refractivity contribution is 7.99. The Kier molecular flexibility index (Phi) is 6.22. The van der Waals surface area contributed by atoms with Crippen molar-refractivity contribution in [2.75, 3.05) is 12.9 Å². The van der Waals surface area contributed by atoms with Gasteiger partial charge in [-0.3, -0.25) is 4.79 Å². The number of methoxy groups -OCH3 is 1. The molecule has 0 fully saturated rings. The number of aliphatic hydroxyl groups is 1. The SMILES string of the molecule is COC(=O)C[C@@H](O)CSc1ccc(C(C)C)cc1. The van der Waals surface area contributed by atoms with Crippen molar-refractivity contribution >= 4 is 17.7 Å². The standard InChI is InChI=1S/C14H20O3S/c1-10(2)11-4-6-13(7-5-11)18-9-12(15)8-14(16)17-3/h4-7,10,12,15H,8-9H2,1-3H3/t12-/m1/s1. The van der Waals surface area contributed by atoms with Crippen LogP contribution in [0.15, 0.2) is 29.2 Å². The Morgan fingerprint density at radius 1 is 1.33 bits per heavy atom. The van der Waals surface area contributed by atoms with E-state index in [0.29, 0.717) is 11.7 Å². The first-order valence-corrected chi connectivity index (χ1v) is 6.99. The minimum absolute atomic E-state index is 0.0492. The molecule has 0 heterocycles. The van der Waals surface area contributed by atoms with E-state index in [1.165, 1.54) is 12.7 Å². The van der Waals surface area contributed by atoms with Gasteiger partial charge in [0.05, 0.1) is 19.6 Å². The lowest BCUT2D eigenvalue weighted by molar-refractivity contribution is -0.142. The number of esters is 1. The van der Waals surface area contributed by atoms with Gasteiger partial charge in [-0.05, 0) is 23.6 Å². The smallest absolute Gasteiger partial charge is 0.308 e. The Balaban J connectivity index is 2.41. The lowest BCUT2D eigenvalue weighted by atomic mass is 10.0. The fourth-order valence-electron chi connectivity index (χ4n) is 1.48. The summed E-state index contributed by atoms with van der Waals surface area (Å²) in [5.74, 6) is 0.642. The summed E-state index contributed by atoms with van der Waals surface area (Å²) in [4.78, 5) is 12.1. The van der Waals surface area contributed by atoms with Crippen molar-refractivity contribution in [1.82, 2.24) is 0 Å². The molecule has 100 valence electrons. The van der Waals surface area contributed by atoms with Gasteiger partial charge < -0.3 is 9.84 Å². The van der Waals surface area contributed by atoms with E-state index in [2.05, 4.69) is 30.7 Å². The van der Waals surface area contributed by atoms with Crippen LogP contribution in [0.25, 0.3) is 0 Å². The van der Waals surface area contributed by atoms with Gasteiger partial charge in [0.15, 0.2) is 0 Å². The van der Waals surface area contributed by atoms with Gasteiger partial charge in [-0.1, -0.05) is 26.0 Å². The number of rotatable bonds is 6. The predicted octanol–water partition coefficient (Wildman–Crippen LogP) is 2.83. The lowest BCUT2D eigenvalue weighted by Gasteiger charge is -2.10. The zero-order chi connectivity index (χ0) is 13.5. The molecule has 1 aromatic rings. The maximum atomic E-state index is 11.0. The second-order valence-electron chi connectivity index (χ2n) is 4.47. The molecule has 0 saturated carbocycles. The van der Waals surface area contributed by atoms with E-state index in [-0.39, 0.29) is 12.4 Å². The molecule has 0 unspecified atom stereocenters. The highest BCUT2D eigenvalue weighted by Gasteiger charge is 2.11. The van der Waals surface area contributed by atoms with Crippen molar-refractivity contribution < 1.29 is 14.6 Å². The van der Waals surface area contributed by atoms with E-state index in [1.807, 2.05) is 12.1 Å². The molecular weight excluding hydrogens is 248 g/mol. The highest BCUT2D eigenvalue weighted by Crippen LogP contribution is 2.22. The molecule has 1 rings (SSSR count). The molecule has 4 heteroatoms. The van der Waals surface area contributed by atoms with Gasteiger partial charge in [0.2, 0.25) is 0 Å². The quantitative estimate of drug-likeness (QED) is 0.636. The minimum atomic E-state index is -0.660. The van der Waals surface area contributed by atoms with Crippen LogP contribution in [-0.4, -0.2) is 30.0 Å². The number of ether oxygens (including phenoxy) is 1. The van der Waals surface area contributed by atoms with E-state index in [1.54, 1.807) is 11.8 Å². The first kappa shape index (κ1) is 15.1.